The molecule has 0 fully saturated rings. The highest BCUT2D eigenvalue weighted by molar-refractivity contribution is 5.37. The second kappa shape index (κ2) is 5.50. The first-order chi connectivity index (χ1) is 10.2. The van der Waals surface area contributed by atoms with Crippen LogP contribution in [-0.2, 0) is 0 Å². The lowest BCUT2D eigenvalue weighted by molar-refractivity contribution is 0.212. The van der Waals surface area contributed by atoms with Gasteiger partial charge in [0.05, 0.1) is 17.6 Å². The molecule has 2 aromatic carbocycles. The Balaban J connectivity index is 2.01. The van der Waals surface area contributed by atoms with Crippen molar-refractivity contribution in [1.82, 2.24) is 15.0 Å². The summed E-state index contributed by atoms with van der Waals surface area (Å²) in [6.45, 7) is 4.10. The van der Waals surface area contributed by atoms with Crippen molar-refractivity contribution >= 4 is 0 Å². The fourth-order valence-electron chi connectivity index (χ4n) is 2.30. The largest absolute Gasteiger partial charge is 0.382 e. The van der Waals surface area contributed by atoms with Crippen LogP contribution in [0.2, 0.25) is 0 Å². The number of para-hydroxylation sites is 1. The van der Waals surface area contributed by atoms with Gasteiger partial charge in [0.2, 0.25) is 0 Å². The van der Waals surface area contributed by atoms with Crippen molar-refractivity contribution < 1.29 is 5.11 Å². The average Bonchev–Trinajstić information content (AvgIpc) is 2.99. The van der Waals surface area contributed by atoms with Gasteiger partial charge >= 0.3 is 0 Å². The van der Waals surface area contributed by atoms with E-state index in [9.17, 15) is 5.11 Å². The number of aryl methyl sites for hydroxylation is 2. The molecular weight excluding hydrogens is 262 g/mol. The van der Waals surface area contributed by atoms with Gasteiger partial charge in [0.15, 0.2) is 0 Å². The van der Waals surface area contributed by atoms with Gasteiger partial charge in [-0.2, -0.15) is 0 Å². The predicted molar refractivity (Wildman–Crippen MR) is 81.3 cm³/mol. The first-order valence-electron chi connectivity index (χ1n) is 6.88. The summed E-state index contributed by atoms with van der Waals surface area (Å²) < 4.78 is 1.67. The Hall–Kier alpha value is -2.46. The molecule has 0 spiro atoms. The van der Waals surface area contributed by atoms with E-state index in [1.165, 1.54) is 5.56 Å². The third-order valence-electron chi connectivity index (χ3n) is 3.70. The molecule has 1 heterocycles. The smallest absolute Gasteiger partial charge is 0.123 e. The zero-order chi connectivity index (χ0) is 14.8. The lowest BCUT2D eigenvalue weighted by Crippen LogP contribution is -2.09. The van der Waals surface area contributed by atoms with E-state index < -0.39 is 6.10 Å². The van der Waals surface area contributed by atoms with Crippen LogP contribution in [0.25, 0.3) is 5.69 Å². The Labute approximate surface area is 123 Å². The highest BCUT2D eigenvalue weighted by Gasteiger charge is 2.17. The van der Waals surface area contributed by atoms with Crippen LogP contribution in [-0.4, -0.2) is 20.1 Å². The Morgan fingerprint density at radius 3 is 2.48 bits per heavy atom. The van der Waals surface area contributed by atoms with E-state index in [2.05, 4.69) is 17.2 Å². The van der Waals surface area contributed by atoms with Crippen LogP contribution in [0, 0.1) is 13.8 Å². The summed E-state index contributed by atoms with van der Waals surface area (Å²) in [6.07, 6.45) is 0.854. The Kier molecular flexibility index (Phi) is 3.54. The van der Waals surface area contributed by atoms with Gasteiger partial charge in [-0.05, 0) is 42.7 Å². The number of aromatic nitrogens is 3. The van der Waals surface area contributed by atoms with Gasteiger partial charge in [-0.3, -0.25) is 0 Å². The SMILES string of the molecule is Cc1ccc(C(O)c2cnnn2-c2ccccc2)cc1C. The first kappa shape index (κ1) is 13.5. The number of benzene rings is 2. The summed E-state index contributed by atoms with van der Waals surface area (Å²) in [7, 11) is 0. The van der Waals surface area contributed by atoms with Gasteiger partial charge in [-0.25, -0.2) is 4.68 Å². The molecule has 1 unspecified atom stereocenters. The molecule has 0 aliphatic heterocycles. The van der Waals surface area contributed by atoms with Gasteiger partial charge in [0.25, 0.3) is 0 Å². The summed E-state index contributed by atoms with van der Waals surface area (Å²) in [6, 6.07) is 15.6. The van der Waals surface area contributed by atoms with Crippen molar-refractivity contribution in [2.45, 2.75) is 20.0 Å². The lowest BCUT2D eigenvalue weighted by atomic mass is 10.0. The molecule has 106 valence electrons. The number of hydrogen-bond acceptors (Lipinski definition) is 3. The van der Waals surface area contributed by atoms with Crippen LogP contribution in [0.15, 0.2) is 54.7 Å². The molecule has 0 radical (unpaired) electrons. The van der Waals surface area contributed by atoms with E-state index in [0.29, 0.717) is 5.69 Å². The van der Waals surface area contributed by atoms with Crippen LogP contribution >= 0.6 is 0 Å². The van der Waals surface area contributed by atoms with Gasteiger partial charge < -0.3 is 5.11 Å². The molecule has 0 aliphatic carbocycles. The Morgan fingerprint density at radius 1 is 1.00 bits per heavy atom. The molecule has 1 atom stereocenters. The quantitative estimate of drug-likeness (QED) is 0.802. The molecule has 0 saturated heterocycles. The number of aliphatic hydroxyl groups excluding tert-OH is 1. The van der Waals surface area contributed by atoms with Crippen LogP contribution in [0.1, 0.15) is 28.5 Å². The summed E-state index contributed by atoms with van der Waals surface area (Å²) in [5.74, 6) is 0. The van der Waals surface area contributed by atoms with Crippen LogP contribution in [0.3, 0.4) is 0 Å². The number of aliphatic hydroxyl groups is 1. The monoisotopic (exact) mass is 279 g/mol. The third-order valence-corrected chi connectivity index (χ3v) is 3.70. The summed E-state index contributed by atoms with van der Waals surface area (Å²) in [5.41, 5.74) is 4.75. The molecule has 1 N–H and O–H groups in total. The van der Waals surface area contributed by atoms with Crippen LogP contribution in [0.4, 0.5) is 0 Å². The van der Waals surface area contributed by atoms with E-state index in [1.54, 1.807) is 10.9 Å². The Bertz CT molecular complexity index is 750. The maximum Gasteiger partial charge on any atom is 0.123 e. The van der Waals surface area contributed by atoms with Crippen molar-refractivity contribution in [3.63, 3.8) is 0 Å². The molecule has 0 amide bonds. The highest BCUT2D eigenvalue weighted by atomic mass is 16.3. The normalized spacial score (nSPS) is 12.3. The van der Waals surface area contributed by atoms with Crippen molar-refractivity contribution in [1.29, 1.82) is 0 Å². The van der Waals surface area contributed by atoms with Gasteiger partial charge in [0.1, 0.15) is 6.10 Å². The zero-order valence-corrected chi connectivity index (χ0v) is 12.1. The minimum atomic E-state index is -0.750. The number of nitrogens with zero attached hydrogens (tertiary/aromatic N) is 3. The lowest BCUT2D eigenvalue weighted by Gasteiger charge is -2.14. The van der Waals surface area contributed by atoms with Gasteiger partial charge in [-0.1, -0.05) is 41.6 Å². The van der Waals surface area contributed by atoms with E-state index in [0.717, 1.165) is 16.8 Å². The fourth-order valence-corrected chi connectivity index (χ4v) is 2.30. The standard InChI is InChI=1S/C17H17N3O/c1-12-8-9-14(10-13(12)2)17(21)16-11-18-19-20(16)15-6-4-3-5-7-15/h3-11,17,21H,1-2H3. The van der Waals surface area contributed by atoms with E-state index in [-0.39, 0.29) is 0 Å². The molecular formula is C17H17N3O. The fraction of sp³-hybridized carbons (Fsp3) is 0.176. The molecule has 0 bridgehead atoms. The molecule has 21 heavy (non-hydrogen) atoms. The zero-order valence-electron chi connectivity index (χ0n) is 12.1. The maximum absolute atomic E-state index is 10.6. The second-order valence-corrected chi connectivity index (χ2v) is 5.15. The van der Waals surface area contributed by atoms with E-state index in [1.807, 2.05) is 55.5 Å². The molecule has 0 saturated carbocycles. The molecule has 3 aromatic rings. The molecule has 0 aliphatic rings. The van der Waals surface area contributed by atoms with Gasteiger partial charge in [-0.15, -0.1) is 5.10 Å². The van der Waals surface area contributed by atoms with Crippen LogP contribution < -0.4 is 0 Å². The van der Waals surface area contributed by atoms with Crippen molar-refractivity contribution in [2.75, 3.05) is 0 Å². The van der Waals surface area contributed by atoms with E-state index in [4.69, 9.17) is 0 Å². The molecule has 4 nitrogen and oxygen atoms in total. The van der Waals surface area contributed by atoms with Gasteiger partial charge in [0, 0.05) is 0 Å². The Morgan fingerprint density at radius 2 is 1.76 bits per heavy atom. The maximum atomic E-state index is 10.6. The van der Waals surface area contributed by atoms with E-state index >= 15 is 0 Å². The average molecular weight is 279 g/mol. The van der Waals surface area contributed by atoms with Crippen molar-refractivity contribution in [2.24, 2.45) is 0 Å². The predicted octanol–water partition coefficient (Wildman–Crippen LogP) is 2.97. The number of hydrogen-bond donors (Lipinski definition) is 1. The highest BCUT2D eigenvalue weighted by Crippen LogP contribution is 2.24. The summed E-state index contributed by atoms with van der Waals surface area (Å²) in [5, 5.41) is 18.7. The molecule has 3 rings (SSSR count). The minimum absolute atomic E-state index is 0.657. The summed E-state index contributed by atoms with van der Waals surface area (Å²) >= 11 is 0. The number of rotatable bonds is 3. The topological polar surface area (TPSA) is 50.9 Å². The van der Waals surface area contributed by atoms with Crippen molar-refractivity contribution in [3.8, 4) is 5.69 Å². The second-order valence-electron chi connectivity index (χ2n) is 5.15. The van der Waals surface area contributed by atoms with Crippen molar-refractivity contribution in [3.05, 3.63) is 77.1 Å². The van der Waals surface area contributed by atoms with Crippen LogP contribution in [0.5, 0.6) is 0 Å². The summed E-state index contributed by atoms with van der Waals surface area (Å²) in [4.78, 5) is 0. The minimum Gasteiger partial charge on any atom is -0.382 e. The molecule has 4 heteroatoms. The third kappa shape index (κ3) is 2.58. The first-order valence-corrected chi connectivity index (χ1v) is 6.88. The molecule has 1 aromatic heterocycles.